The molecule has 4 rings (SSSR count). The predicted molar refractivity (Wildman–Crippen MR) is 136 cm³/mol. The fourth-order valence-electron chi connectivity index (χ4n) is 5.08. The van der Waals surface area contributed by atoms with Crippen LogP contribution in [0.5, 0.6) is 0 Å². The van der Waals surface area contributed by atoms with Gasteiger partial charge in [0.25, 0.3) is 0 Å². The van der Waals surface area contributed by atoms with Crippen molar-refractivity contribution < 1.29 is 4.79 Å². The third-order valence-electron chi connectivity index (χ3n) is 6.80. The lowest BCUT2D eigenvalue weighted by atomic mass is 9.89. The summed E-state index contributed by atoms with van der Waals surface area (Å²) in [7, 11) is 0. The van der Waals surface area contributed by atoms with Crippen LogP contribution < -0.4 is 21.8 Å². The van der Waals surface area contributed by atoms with Crippen molar-refractivity contribution in [2.24, 2.45) is 22.1 Å². The van der Waals surface area contributed by atoms with E-state index in [4.69, 9.17) is 5.84 Å². The molecular formula is C26H37N7O. The van der Waals surface area contributed by atoms with Crippen LogP contribution in [0.15, 0.2) is 63.6 Å². The Morgan fingerprint density at radius 1 is 1.18 bits per heavy atom. The van der Waals surface area contributed by atoms with Gasteiger partial charge in [0.2, 0.25) is 5.91 Å². The molecule has 1 aromatic carbocycles. The molecule has 3 aliphatic rings. The number of anilines is 1. The quantitative estimate of drug-likeness (QED) is 0.279. The first-order chi connectivity index (χ1) is 16.5. The molecule has 34 heavy (non-hydrogen) atoms. The van der Waals surface area contributed by atoms with E-state index in [0.717, 1.165) is 55.7 Å². The Morgan fingerprint density at radius 3 is 2.71 bits per heavy atom. The number of carbonyl (C=O) groups excluding carboxylic acids is 1. The fourth-order valence-corrected chi connectivity index (χ4v) is 5.08. The highest BCUT2D eigenvalue weighted by atomic mass is 16.2. The first-order valence-corrected chi connectivity index (χ1v) is 12.4. The van der Waals surface area contributed by atoms with E-state index >= 15 is 0 Å². The van der Waals surface area contributed by atoms with Gasteiger partial charge in [-0.15, -0.1) is 5.11 Å². The van der Waals surface area contributed by atoms with Gasteiger partial charge >= 0.3 is 0 Å². The Kier molecular flexibility index (Phi) is 7.67. The van der Waals surface area contributed by atoms with Crippen molar-refractivity contribution >= 4 is 11.6 Å². The van der Waals surface area contributed by atoms with Crippen LogP contribution in [0.4, 0.5) is 5.69 Å². The van der Waals surface area contributed by atoms with E-state index in [1.54, 1.807) is 0 Å². The Hall–Kier alpha value is -3.13. The SMILES string of the molecule is CCCN(CCC)C(=O)C1=CC2=C(CC(C3NCc4c(C)cccc4N3)C=C2)NC(N=NN)C1. The standard InChI is InChI=1S/C26H37N7O/c1-4-11-33(12-5-2)26(34)20-13-18-9-10-19(14-23(18)29-24(15-20)31-32-27)25-28-16-21-17(3)7-6-8-22(21)30-25/h6-10,13,19,24-25,28-30H,4-5,11-12,14-16H2,1-3H3,(H2,27,31). The molecule has 2 aliphatic heterocycles. The van der Waals surface area contributed by atoms with Crippen molar-refractivity contribution in [2.45, 2.75) is 65.3 Å². The Balaban J connectivity index is 1.56. The number of amides is 1. The van der Waals surface area contributed by atoms with Gasteiger partial charge in [-0.1, -0.05) is 43.4 Å². The number of nitrogens with one attached hydrogen (secondary N) is 3. The van der Waals surface area contributed by atoms with Gasteiger partial charge in [-0.05, 0) is 55.0 Å². The molecule has 8 nitrogen and oxygen atoms in total. The summed E-state index contributed by atoms with van der Waals surface area (Å²) in [5, 5.41) is 18.6. The third kappa shape index (κ3) is 5.17. The molecule has 0 radical (unpaired) electrons. The summed E-state index contributed by atoms with van der Waals surface area (Å²) in [5.41, 5.74) is 6.67. The molecule has 3 unspecified atom stereocenters. The van der Waals surface area contributed by atoms with Gasteiger partial charge in [0.15, 0.2) is 0 Å². The number of rotatable bonds is 7. The van der Waals surface area contributed by atoms with E-state index < -0.39 is 0 Å². The number of hydrogen-bond donors (Lipinski definition) is 4. The number of nitrogens with two attached hydrogens (primary N) is 1. The lowest BCUT2D eigenvalue weighted by Gasteiger charge is -2.35. The van der Waals surface area contributed by atoms with E-state index in [1.807, 2.05) is 11.0 Å². The molecule has 1 aliphatic carbocycles. The largest absolute Gasteiger partial charge is 0.369 e. The van der Waals surface area contributed by atoms with E-state index in [9.17, 15) is 4.79 Å². The van der Waals surface area contributed by atoms with E-state index in [1.165, 1.54) is 16.8 Å². The number of nitrogens with zero attached hydrogens (tertiary/aromatic N) is 3. The van der Waals surface area contributed by atoms with Crippen molar-refractivity contribution in [1.82, 2.24) is 15.5 Å². The highest BCUT2D eigenvalue weighted by Crippen LogP contribution is 2.33. The molecule has 5 N–H and O–H groups in total. The van der Waals surface area contributed by atoms with Gasteiger partial charge in [-0.25, -0.2) is 0 Å². The lowest BCUT2D eigenvalue weighted by Crippen LogP contribution is -2.46. The van der Waals surface area contributed by atoms with Gasteiger partial charge in [-0.3, -0.25) is 10.1 Å². The molecule has 1 amide bonds. The van der Waals surface area contributed by atoms with Crippen LogP contribution in [-0.2, 0) is 11.3 Å². The minimum absolute atomic E-state index is 0.0783. The van der Waals surface area contributed by atoms with Crippen molar-refractivity contribution in [3.8, 4) is 0 Å². The number of allylic oxidation sites excluding steroid dienone is 4. The molecule has 0 fully saturated rings. The van der Waals surface area contributed by atoms with E-state index in [2.05, 4.69) is 77.4 Å². The predicted octanol–water partition coefficient (Wildman–Crippen LogP) is 3.89. The Morgan fingerprint density at radius 2 is 1.97 bits per heavy atom. The van der Waals surface area contributed by atoms with Gasteiger partial charge < -0.3 is 21.4 Å². The van der Waals surface area contributed by atoms with Gasteiger partial charge in [0.05, 0.1) is 6.17 Å². The molecule has 3 atom stereocenters. The van der Waals surface area contributed by atoms with Crippen LogP contribution in [0.3, 0.4) is 0 Å². The van der Waals surface area contributed by atoms with Crippen molar-refractivity contribution in [2.75, 3.05) is 18.4 Å². The van der Waals surface area contributed by atoms with Crippen LogP contribution in [0, 0.1) is 12.8 Å². The average molecular weight is 464 g/mol. The number of hydrogen-bond acceptors (Lipinski definition) is 6. The maximum Gasteiger partial charge on any atom is 0.249 e. The zero-order valence-electron chi connectivity index (χ0n) is 20.5. The highest BCUT2D eigenvalue weighted by molar-refractivity contribution is 5.94. The molecule has 0 bridgehead atoms. The third-order valence-corrected chi connectivity index (χ3v) is 6.80. The number of fused-ring (bicyclic) bond motifs is 1. The maximum absolute atomic E-state index is 13.4. The second-order valence-corrected chi connectivity index (χ2v) is 9.32. The number of benzene rings is 1. The van der Waals surface area contributed by atoms with Crippen molar-refractivity contribution in [3.63, 3.8) is 0 Å². The van der Waals surface area contributed by atoms with Crippen molar-refractivity contribution in [3.05, 3.63) is 64.4 Å². The molecule has 182 valence electrons. The first kappa shape index (κ1) is 24.0. The summed E-state index contributed by atoms with van der Waals surface area (Å²) in [4.78, 5) is 15.3. The second-order valence-electron chi connectivity index (χ2n) is 9.32. The lowest BCUT2D eigenvalue weighted by molar-refractivity contribution is -0.127. The van der Waals surface area contributed by atoms with Crippen molar-refractivity contribution in [1.29, 1.82) is 0 Å². The summed E-state index contributed by atoms with van der Waals surface area (Å²) in [6, 6.07) is 6.39. The molecule has 0 saturated carbocycles. The van der Waals surface area contributed by atoms with E-state index in [-0.39, 0.29) is 24.2 Å². The molecule has 0 saturated heterocycles. The molecular weight excluding hydrogens is 426 g/mol. The summed E-state index contributed by atoms with van der Waals surface area (Å²) >= 11 is 0. The monoisotopic (exact) mass is 463 g/mol. The summed E-state index contributed by atoms with van der Waals surface area (Å²) < 4.78 is 0. The molecule has 8 heteroatoms. The summed E-state index contributed by atoms with van der Waals surface area (Å²) in [6.07, 6.45) is 9.29. The summed E-state index contributed by atoms with van der Waals surface area (Å²) in [6.45, 7) is 8.70. The van der Waals surface area contributed by atoms with Gasteiger partial charge in [-0.2, -0.15) is 0 Å². The smallest absolute Gasteiger partial charge is 0.249 e. The Bertz CT molecular complexity index is 1020. The van der Waals surface area contributed by atoms with Gasteiger partial charge in [0, 0.05) is 48.9 Å². The van der Waals surface area contributed by atoms with Crippen LogP contribution in [0.1, 0.15) is 50.7 Å². The molecule has 2 heterocycles. The Labute approximate surface area is 202 Å². The minimum atomic E-state index is -0.361. The molecule has 0 spiro atoms. The highest BCUT2D eigenvalue weighted by Gasteiger charge is 2.31. The van der Waals surface area contributed by atoms with E-state index in [0.29, 0.717) is 6.42 Å². The van der Waals surface area contributed by atoms with Crippen LogP contribution >= 0.6 is 0 Å². The molecule has 1 aromatic rings. The minimum Gasteiger partial charge on any atom is -0.369 e. The van der Waals surface area contributed by atoms with Gasteiger partial charge in [0.1, 0.15) is 6.17 Å². The maximum atomic E-state index is 13.4. The summed E-state index contributed by atoms with van der Waals surface area (Å²) in [5.74, 6) is 5.74. The topological polar surface area (TPSA) is 107 Å². The zero-order chi connectivity index (χ0) is 24.1. The normalized spacial score (nSPS) is 24.0. The average Bonchev–Trinajstić information content (AvgIpc) is 3.02. The number of carbonyl (C=O) groups is 1. The fraction of sp³-hybridized carbons (Fsp3) is 0.500. The van der Waals surface area contributed by atoms with Crippen LogP contribution in [0.2, 0.25) is 0 Å². The second kappa shape index (κ2) is 10.9. The number of aryl methyl sites for hydroxylation is 1. The first-order valence-electron chi connectivity index (χ1n) is 12.4. The van der Waals surface area contributed by atoms with Crippen LogP contribution in [-0.4, -0.2) is 36.2 Å². The molecule has 0 aromatic heterocycles. The zero-order valence-corrected chi connectivity index (χ0v) is 20.5. The van der Waals surface area contributed by atoms with Crippen LogP contribution in [0.25, 0.3) is 0 Å².